The average Bonchev–Trinajstić information content (AvgIpc) is 1.93. The number of hydrogen-bond acceptors (Lipinski definition) is 5. The van der Waals surface area contributed by atoms with E-state index in [0.29, 0.717) is 10.8 Å². The molecule has 0 bridgehead atoms. The molecule has 0 aliphatic heterocycles. The van der Waals surface area contributed by atoms with Gasteiger partial charge in [0.05, 0.1) is 6.20 Å². The smallest absolute Gasteiger partial charge is 0.197 e. The fourth-order valence-corrected chi connectivity index (χ4v) is 0.680. The fourth-order valence-electron chi connectivity index (χ4n) is 0.469. The zero-order chi connectivity index (χ0) is 8.27. The molecule has 0 fully saturated rings. The van der Waals surface area contributed by atoms with Gasteiger partial charge in [0, 0.05) is 6.92 Å². The molecule has 0 N–H and O–H groups in total. The molecule has 0 aliphatic carbocycles. The molecule has 1 heterocycles. The zero-order valence-corrected chi connectivity index (χ0v) is 7.19. The summed E-state index contributed by atoms with van der Waals surface area (Å²) in [7, 11) is 0. The van der Waals surface area contributed by atoms with Gasteiger partial charge in [-0.05, 0) is 17.4 Å². The lowest BCUT2D eigenvalue weighted by Gasteiger charge is -2.00. The lowest BCUT2D eigenvalue weighted by molar-refractivity contribution is 0.547. The number of nitrogens with zero attached hydrogens (tertiary/aromatic N) is 3. The van der Waals surface area contributed by atoms with Crippen LogP contribution in [0.1, 0.15) is 6.92 Å². The summed E-state index contributed by atoms with van der Waals surface area (Å²) in [5, 5.41) is 10.7. The van der Waals surface area contributed by atoms with Crippen LogP contribution in [-0.2, 0) is 0 Å². The van der Waals surface area contributed by atoms with E-state index in [1.165, 1.54) is 6.20 Å². The van der Waals surface area contributed by atoms with Gasteiger partial charge in [0.15, 0.2) is 16.0 Å². The molecule has 4 nitrogen and oxygen atoms in total. The molecule has 0 radical (unpaired) electrons. The summed E-state index contributed by atoms with van der Waals surface area (Å²) in [6.45, 7) is 1.63. The molecule has 0 amide bonds. The first-order chi connectivity index (χ1) is 5.20. The third kappa shape index (κ3) is 2.36. The lowest BCUT2D eigenvalue weighted by atomic mass is 10.6. The molecule has 0 saturated carbocycles. The average molecular weight is 190 g/mol. The second-order valence-corrected chi connectivity index (χ2v) is 2.62. The van der Waals surface area contributed by atoms with Crippen LogP contribution in [0.4, 0.5) is 0 Å². The fraction of sp³-hybridized carbons (Fsp3) is 0.200. The van der Waals surface area contributed by atoms with Crippen LogP contribution in [0.25, 0.3) is 0 Å². The normalized spacial score (nSPS) is 9.27. The van der Waals surface area contributed by atoms with Crippen LogP contribution < -0.4 is 4.74 Å². The summed E-state index contributed by atoms with van der Waals surface area (Å²) in [5.41, 5.74) is 0. The Labute approximate surface area is 73.5 Å². The molecule has 0 aliphatic rings. The minimum atomic E-state index is 0.157. The molecule has 0 atom stereocenters. The minimum Gasteiger partial charge on any atom is -0.446 e. The molecule has 11 heavy (non-hydrogen) atoms. The van der Waals surface area contributed by atoms with E-state index in [1.807, 2.05) is 0 Å². The Balaban J connectivity index is 2.86. The van der Waals surface area contributed by atoms with Crippen molar-refractivity contribution in [1.29, 1.82) is 0 Å². The number of thiocarbonyl (C=S) groups is 1. The largest absolute Gasteiger partial charge is 0.446 e. The molecule has 58 valence electrons. The maximum absolute atomic E-state index is 5.57. The maximum atomic E-state index is 5.57. The first-order valence-electron chi connectivity index (χ1n) is 2.72. The van der Waals surface area contributed by atoms with Crippen molar-refractivity contribution in [1.82, 2.24) is 15.4 Å². The topological polar surface area (TPSA) is 47.9 Å². The number of hydrogen-bond donors (Lipinski definition) is 0. The van der Waals surface area contributed by atoms with Crippen molar-refractivity contribution in [3.05, 3.63) is 11.3 Å². The predicted octanol–water partition coefficient (Wildman–Crippen LogP) is 1.25. The van der Waals surface area contributed by atoms with Crippen LogP contribution >= 0.6 is 23.8 Å². The lowest BCUT2D eigenvalue weighted by Crippen LogP contribution is -2.01. The summed E-state index contributed by atoms with van der Waals surface area (Å²) >= 11 is 10.3. The molecule has 1 aromatic heterocycles. The third-order valence-corrected chi connectivity index (χ3v) is 1.16. The first kappa shape index (κ1) is 8.29. The van der Waals surface area contributed by atoms with Crippen molar-refractivity contribution in [3.8, 4) is 5.75 Å². The highest BCUT2D eigenvalue weighted by molar-refractivity contribution is 7.80. The molecule has 0 unspecified atom stereocenters. The van der Waals surface area contributed by atoms with E-state index >= 15 is 0 Å². The van der Waals surface area contributed by atoms with E-state index in [0.717, 1.165) is 0 Å². The Kier molecular flexibility index (Phi) is 2.67. The van der Waals surface area contributed by atoms with Gasteiger partial charge in [0.2, 0.25) is 0 Å². The molecule has 6 heteroatoms. The van der Waals surface area contributed by atoms with Crippen molar-refractivity contribution >= 4 is 28.9 Å². The van der Waals surface area contributed by atoms with E-state index in [2.05, 4.69) is 27.6 Å². The van der Waals surface area contributed by atoms with Gasteiger partial charge in [-0.2, -0.15) is 0 Å². The standard InChI is InChI=1S/C5H4ClN3OS/c1-3(11)10-4-2-7-9-8-5(4)6/h2H,1H3. The summed E-state index contributed by atoms with van der Waals surface area (Å²) in [6.07, 6.45) is 1.35. The van der Waals surface area contributed by atoms with Crippen LogP contribution in [0.3, 0.4) is 0 Å². The van der Waals surface area contributed by atoms with E-state index < -0.39 is 0 Å². The molecular weight excluding hydrogens is 186 g/mol. The van der Waals surface area contributed by atoms with Crippen molar-refractivity contribution in [3.63, 3.8) is 0 Å². The second-order valence-electron chi connectivity index (χ2n) is 1.68. The molecule has 1 rings (SSSR count). The van der Waals surface area contributed by atoms with Crippen LogP contribution in [0.5, 0.6) is 5.75 Å². The Bertz CT molecular complexity index is 280. The highest BCUT2D eigenvalue weighted by atomic mass is 35.5. The highest BCUT2D eigenvalue weighted by Gasteiger charge is 2.02. The molecular formula is C5H4ClN3OS. The predicted molar refractivity (Wildman–Crippen MR) is 43.7 cm³/mol. The second kappa shape index (κ2) is 3.54. The van der Waals surface area contributed by atoms with Crippen LogP contribution in [0, 0.1) is 0 Å². The number of ether oxygens (including phenoxy) is 1. The van der Waals surface area contributed by atoms with Crippen LogP contribution in [0.2, 0.25) is 5.15 Å². The van der Waals surface area contributed by atoms with Crippen LogP contribution in [-0.4, -0.2) is 20.5 Å². The van der Waals surface area contributed by atoms with Gasteiger partial charge in [0.25, 0.3) is 0 Å². The monoisotopic (exact) mass is 189 g/mol. The SMILES string of the molecule is CC(=S)Oc1cnnnc1Cl. The van der Waals surface area contributed by atoms with Crippen molar-refractivity contribution in [2.24, 2.45) is 0 Å². The van der Waals surface area contributed by atoms with Gasteiger partial charge in [-0.3, -0.25) is 0 Å². The van der Waals surface area contributed by atoms with Gasteiger partial charge in [-0.25, -0.2) is 0 Å². The van der Waals surface area contributed by atoms with Gasteiger partial charge in [-0.15, -0.1) is 10.2 Å². The quantitative estimate of drug-likeness (QED) is 0.623. The van der Waals surface area contributed by atoms with E-state index in [4.69, 9.17) is 16.3 Å². The third-order valence-electron chi connectivity index (χ3n) is 0.816. The van der Waals surface area contributed by atoms with Gasteiger partial charge < -0.3 is 4.74 Å². The Hall–Kier alpha value is -0.810. The molecule has 0 spiro atoms. The highest BCUT2D eigenvalue weighted by Crippen LogP contribution is 2.18. The van der Waals surface area contributed by atoms with E-state index in [-0.39, 0.29) is 5.15 Å². The summed E-state index contributed by atoms with van der Waals surface area (Å²) < 4.78 is 4.98. The summed E-state index contributed by atoms with van der Waals surface area (Å²) in [4.78, 5) is 0. The minimum absolute atomic E-state index is 0.157. The van der Waals surface area contributed by atoms with Crippen molar-refractivity contribution < 1.29 is 4.74 Å². The van der Waals surface area contributed by atoms with E-state index in [1.54, 1.807) is 6.92 Å². The number of halogens is 1. The van der Waals surface area contributed by atoms with Crippen LogP contribution in [0.15, 0.2) is 6.20 Å². The molecule has 0 aromatic carbocycles. The Morgan fingerprint density at radius 2 is 2.45 bits per heavy atom. The number of aromatic nitrogens is 3. The molecule has 1 aromatic rings. The number of rotatable bonds is 1. The maximum Gasteiger partial charge on any atom is 0.197 e. The Morgan fingerprint density at radius 3 is 3.00 bits per heavy atom. The summed E-state index contributed by atoms with van der Waals surface area (Å²) in [6, 6.07) is 0. The van der Waals surface area contributed by atoms with Crippen molar-refractivity contribution in [2.45, 2.75) is 6.92 Å². The van der Waals surface area contributed by atoms with Gasteiger partial charge >= 0.3 is 0 Å². The zero-order valence-electron chi connectivity index (χ0n) is 5.61. The Morgan fingerprint density at radius 1 is 1.73 bits per heavy atom. The summed E-state index contributed by atoms with van der Waals surface area (Å²) in [5.74, 6) is 0.328. The van der Waals surface area contributed by atoms with Crippen molar-refractivity contribution in [2.75, 3.05) is 0 Å². The molecule has 0 saturated heterocycles. The van der Waals surface area contributed by atoms with Gasteiger partial charge in [0.1, 0.15) is 0 Å². The van der Waals surface area contributed by atoms with E-state index in [9.17, 15) is 0 Å². The first-order valence-corrected chi connectivity index (χ1v) is 3.51. The van der Waals surface area contributed by atoms with Gasteiger partial charge in [-0.1, -0.05) is 11.6 Å².